The van der Waals surface area contributed by atoms with E-state index in [1.807, 2.05) is 33.6 Å². The summed E-state index contributed by atoms with van der Waals surface area (Å²) in [7, 11) is 0. The van der Waals surface area contributed by atoms with E-state index < -0.39 is 35.6 Å². The fourth-order valence-corrected chi connectivity index (χ4v) is 6.15. The van der Waals surface area contributed by atoms with Crippen LogP contribution in [0.4, 0.5) is 18.9 Å². The highest BCUT2D eigenvalue weighted by Gasteiger charge is 2.57. The first kappa shape index (κ1) is 26.2. The van der Waals surface area contributed by atoms with Gasteiger partial charge in [-0.05, 0) is 67.1 Å². The highest BCUT2D eigenvalue weighted by Crippen LogP contribution is 2.53. The predicted molar refractivity (Wildman–Crippen MR) is 123 cm³/mol. The van der Waals surface area contributed by atoms with Crippen LogP contribution in [0.1, 0.15) is 59.8 Å². The molecule has 0 heterocycles. The zero-order valence-corrected chi connectivity index (χ0v) is 20.4. The first-order valence-corrected chi connectivity index (χ1v) is 11.4. The van der Waals surface area contributed by atoms with Gasteiger partial charge in [-0.25, -0.2) is 4.79 Å². The summed E-state index contributed by atoms with van der Waals surface area (Å²) in [5, 5.41) is 10.4. The number of aliphatic carboxylic acids is 1. The maximum absolute atomic E-state index is 12.9. The number of carbonyl (C=O) groups excluding carboxylic acids is 1. The molecule has 0 aromatic heterocycles. The Labute approximate surface area is 202 Å². The maximum Gasteiger partial charge on any atom is 0.392 e. The molecule has 0 aliphatic heterocycles. The molecule has 3 rings (SSSR count). The van der Waals surface area contributed by atoms with Crippen LogP contribution in [0.25, 0.3) is 0 Å². The Balaban J connectivity index is 1.95. The molecule has 0 radical (unpaired) electrons. The average molecular weight is 500 g/mol. The summed E-state index contributed by atoms with van der Waals surface area (Å²) in [6.45, 7) is 7.84. The van der Waals surface area contributed by atoms with Crippen molar-refractivity contribution >= 4 is 29.2 Å². The van der Waals surface area contributed by atoms with Crippen LogP contribution < -0.4 is 9.64 Å². The van der Waals surface area contributed by atoms with Gasteiger partial charge in [0.25, 0.3) is 0 Å². The number of anilines is 1. The molecule has 0 bridgehead atoms. The fourth-order valence-electron chi connectivity index (χ4n) is 5.93. The van der Waals surface area contributed by atoms with Crippen molar-refractivity contribution in [2.75, 3.05) is 4.90 Å². The number of hydrogen-bond donors (Lipinski definition) is 1. The van der Waals surface area contributed by atoms with Crippen LogP contribution in [0.15, 0.2) is 18.2 Å². The van der Waals surface area contributed by atoms with Crippen LogP contribution in [0.3, 0.4) is 0 Å². The largest absolute Gasteiger partial charge is 0.489 e. The molecule has 34 heavy (non-hydrogen) atoms. The molecule has 5 nitrogen and oxygen atoms in total. The van der Waals surface area contributed by atoms with E-state index in [2.05, 4.69) is 0 Å². The standard InChI is InChI=1S/C25H29ClF3NO4/c1-6-20(31)30(24(21(32)33)13-22(2,3)12-23(4,5)14-24)16-7-8-19(18(26)11-16)34-17-9-15(10-17)25(27,28)29/h1,7-8,11,15,17H,9-10,12-14H2,2-5H3,(H,32,33). The summed E-state index contributed by atoms with van der Waals surface area (Å²) in [6, 6.07) is 4.28. The highest BCUT2D eigenvalue weighted by molar-refractivity contribution is 6.32. The number of carboxylic acid groups (broad SMARTS) is 1. The molecule has 2 aliphatic rings. The van der Waals surface area contributed by atoms with Crippen molar-refractivity contribution in [1.82, 2.24) is 0 Å². The van der Waals surface area contributed by atoms with E-state index in [9.17, 15) is 27.9 Å². The van der Waals surface area contributed by atoms with Gasteiger partial charge in [0.2, 0.25) is 0 Å². The lowest BCUT2D eigenvalue weighted by Crippen LogP contribution is -2.63. The van der Waals surface area contributed by atoms with Crippen LogP contribution in [0.2, 0.25) is 5.02 Å². The third kappa shape index (κ3) is 5.14. The van der Waals surface area contributed by atoms with Gasteiger partial charge >= 0.3 is 18.1 Å². The van der Waals surface area contributed by atoms with E-state index >= 15 is 0 Å². The molecule has 0 spiro atoms. The Hall–Kier alpha value is -2.40. The van der Waals surface area contributed by atoms with Gasteiger partial charge in [0.15, 0.2) is 0 Å². The number of amides is 1. The minimum Gasteiger partial charge on any atom is -0.489 e. The molecule has 2 aliphatic carbocycles. The van der Waals surface area contributed by atoms with Gasteiger partial charge in [-0.15, -0.1) is 6.42 Å². The monoisotopic (exact) mass is 499 g/mol. The number of terminal acetylenes is 1. The van der Waals surface area contributed by atoms with Crippen LogP contribution >= 0.6 is 11.6 Å². The van der Waals surface area contributed by atoms with E-state index in [1.54, 1.807) is 0 Å². The van der Waals surface area contributed by atoms with E-state index in [-0.39, 0.29) is 53.0 Å². The number of hydrogen-bond acceptors (Lipinski definition) is 3. The fraction of sp³-hybridized carbons (Fsp3) is 0.600. The zero-order chi connectivity index (χ0) is 25.7. The highest BCUT2D eigenvalue weighted by atomic mass is 35.5. The zero-order valence-electron chi connectivity index (χ0n) is 19.6. The summed E-state index contributed by atoms with van der Waals surface area (Å²) < 4.78 is 43.9. The molecule has 0 saturated heterocycles. The summed E-state index contributed by atoms with van der Waals surface area (Å²) in [5.74, 6) is -1.17. The topological polar surface area (TPSA) is 66.8 Å². The van der Waals surface area contributed by atoms with Crippen molar-refractivity contribution < 1.29 is 32.6 Å². The molecular formula is C25H29ClF3NO4. The van der Waals surface area contributed by atoms with Gasteiger partial charge in [0.1, 0.15) is 11.3 Å². The number of halogens is 4. The van der Waals surface area contributed by atoms with E-state index in [1.165, 1.54) is 18.2 Å². The molecule has 2 saturated carbocycles. The lowest BCUT2D eigenvalue weighted by molar-refractivity contribution is -0.210. The molecule has 1 aromatic carbocycles. The van der Waals surface area contributed by atoms with Crippen molar-refractivity contribution in [3.8, 4) is 18.1 Å². The quantitative estimate of drug-likeness (QED) is 0.498. The lowest BCUT2D eigenvalue weighted by atomic mass is 9.57. The number of rotatable bonds is 5. The molecule has 1 amide bonds. The number of alkyl halides is 3. The summed E-state index contributed by atoms with van der Waals surface area (Å²) in [6.07, 6.45) is 1.38. The second kappa shape index (κ2) is 8.67. The molecule has 1 N–H and O–H groups in total. The Morgan fingerprint density at radius 1 is 1.15 bits per heavy atom. The number of benzene rings is 1. The Kier molecular flexibility index (Phi) is 6.69. The second-order valence-corrected chi connectivity index (χ2v) is 11.5. The molecule has 2 fully saturated rings. The van der Waals surface area contributed by atoms with Crippen molar-refractivity contribution in [2.45, 2.75) is 77.6 Å². The molecule has 0 atom stereocenters. The van der Waals surface area contributed by atoms with Gasteiger partial charge in [-0.3, -0.25) is 9.69 Å². The third-order valence-electron chi connectivity index (χ3n) is 6.68. The SMILES string of the molecule is C#CC(=O)N(c1ccc(OC2CC(C(F)(F)F)C2)c(Cl)c1)C1(C(=O)O)CC(C)(C)CC(C)(C)C1. The molecular weight excluding hydrogens is 471 g/mol. The van der Waals surface area contributed by atoms with Crippen LogP contribution in [-0.2, 0) is 9.59 Å². The summed E-state index contributed by atoms with van der Waals surface area (Å²) in [5.41, 5.74) is -2.19. The molecule has 186 valence electrons. The van der Waals surface area contributed by atoms with E-state index in [4.69, 9.17) is 22.8 Å². The van der Waals surface area contributed by atoms with Crippen molar-refractivity contribution in [2.24, 2.45) is 16.7 Å². The number of carbonyl (C=O) groups is 2. The lowest BCUT2D eigenvalue weighted by Gasteiger charge is -2.53. The van der Waals surface area contributed by atoms with Gasteiger partial charge in [0.05, 0.1) is 17.0 Å². The third-order valence-corrected chi connectivity index (χ3v) is 6.97. The van der Waals surface area contributed by atoms with Gasteiger partial charge in [0, 0.05) is 5.69 Å². The number of carboxylic acids is 1. The average Bonchev–Trinajstić information content (AvgIpc) is 2.61. The smallest absolute Gasteiger partial charge is 0.392 e. The Morgan fingerprint density at radius 2 is 1.71 bits per heavy atom. The van der Waals surface area contributed by atoms with Crippen LogP contribution in [0.5, 0.6) is 5.75 Å². The molecule has 1 aromatic rings. The Morgan fingerprint density at radius 3 is 2.15 bits per heavy atom. The molecule has 9 heteroatoms. The van der Waals surface area contributed by atoms with Gasteiger partial charge in [-0.2, -0.15) is 13.2 Å². The van der Waals surface area contributed by atoms with Gasteiger partial charge in [-0.1, -0.05) is 39.3 Å². The first-order chi connectivity index (χ1) is 15.5. The second-order valence-electron chi connectivity index (χ2n) is 11.0. The van der Waals surface area contributed by atoms with Crippen LogP contribution in [0, 0.1) is 29.1 Å². The predicted octanol–water partition coefficient (Wildman–Crippen LogP) is 6.09. The maximum atomic E-state index is 12.9. The summed E-state index contributed by atoms with van der Waals surface area (Å²) >= 11 is 6.36. The van der Waals surface area contributed by atoms with Crippen molar-refractivity contribution in [3.05, 3.63) is 23.2 Å². The minimum absolute atomic E-state index is 0.0534. The van der Waals surface area contributed by atoms with Crippen molar-refractivity contribution in [3.63, 3.8) is 0 Å². The first-order valence-electron chi connectivity index (χ1n) is 11.1. The number of ether oxygens (including phenoxy) is 1. The van der Waals surface area contributed by atoms with Crippen LogP contribution in [-0.4, -0.2) is 34.8 Å². The minimum atomic E-state index is -4.25. The summed E-state index contributed by atoms with van der Waals surface area (Å²) in [4.78, 5) is 26.8. The normalized spacial score (nSPS) is 24.9. The Bertz CT molecular complexity index is 1010. The van der Waals surface area contributed by atoms with E-state index in [0.29, 0.717) is 0 Å². The number of nitrogens with zero attached hydrogens (tertiary/aromatic N) is 1. The van der Waals surface area contributed by atoms with E-state index in [0.717, 1.165) is 11.3 Å². The molecule has 0 unspecified atom stereocenters. The van der Waals surface area contributed by atoms with Crippen molar-refractivity contribution in [1.29, 1.82) is 0 Å². The van der Waals surface area contributed by atoms with Gasteiger partial charge < -0.3 is 9.84 Å².